The van der Waals surface area contributed by atoms with Gasteiger partial charge in [-0.1, -0.05) is 0 Å². The molecule has 1 aliphatic rings. The van der Waals surface area contributed by atoms with E-state index in [1.54, 1.807) is 0 Å². The van der Waals surface area contributed by atoms with Crippen LogP contribution in [0.15, 0.2) is 18.2 Å². The first-order chi connectivity index (χ1) is 9.79. The van der Waals surface area contributed by atoms with Gasteiger partial charge in [-0.2, -0.15) is 13.2 Å². The Kier molecular flexibility index (Phi) is 4.41. The molecular weight excluding hydrogens is 285 g/mol. The molecule has 0 aromatic heterocycles. The molecule has 1 N–H and O–H groups in total. The maximum Gasteiger partial charge on any atom is 0.417 e. The van der Waals surface area contributed by atoms with E-state index in [9.17, 15) is 18.0 Å². The molecule has 0 saturated carbocycles. The zero-order valence-electron chi connectivity index (χ0n) is 11.7. The summed E-state index contributed by atoms with van der Waals surface area (Å²) in [6.45, 7) is 3.09. The van der Waals surface area contributed by atoms with Gasteiger partial charge >= 0.3 is 12.1 Å². The normalized spacial score (nSPS) is 17.6. The molecule has 1 heterocycles. The van der Waals surface area contributed by atoms with E-state index >= 15 is 0 Å². The van der Waals surface area contributed by atoms with Gasteiger partial charge in [0.15, 0.2) is 0 Å². The van der Waals surface area contributed by atoms with Gasteiger partial charge in [-0.15, -0.1) is 0 Å². The molecule has 1 aromatic carbocycles. The van der Waals surface area contributed by atoms with Crippen LogP contribution in [0.3, 0.4) is 0 Å². The zero-order valence-corrected chi connectivity index (χ0v) is 11.7. The lowest BCUT2D eigenvalue weighted by Crippen LogP contribution is -2.29. The molecule has 7 heteroatoms. The third-order valence-electron chi connectivity index (χ3n) is 3.62. The quantitative estimate of drug-likeness (QED) is 0.912. The van der Waals surface area contributed by atoms with Crippen molar-refractivity contribution in [1.82, 2.24) is 4.90 Å². The monoisotopic (exact) mass is 302 g/mol. The van der Waals surface area contributed by atoms with Crippen LogP contribution in [0.1, 0.15) is 22.3 Å². The molecule has 0 unspecified atom stereocenters. The van der Waals surface area contributed by atoms with E-state index in [0.29, 0.717) is 18.8 Å². The molecule has 0 aliphatic carbocycles. The van der Waals surface area contributed by atoms with Crippen molar-refractivity contribution in [2.24, 2.45) is 0 Å². The minimum Gasteiger partial charge on any atom is -0.478 e. The average molecular weight is 302 g/mol. The number of carboxylic acid groups (broad SMARTS) is 1. The maximum atomic E-state index is 12.8. The first-order valence-corrected chi connectivity index (χ1v) is 6.67. The van der Waals surface area contributed by atoms with E-state index in [1.807, 2.05) is 11.9 Å². The average Bonchev–Trinajstić information content (AvgIpc) is 2.62. The second-order valence-electron chi connectivity index (χ2n) is 5.18. The maximum absolute atomic E-state index is 12.8. The Bertz CT molecular complexity index is 531. The van der Waals surface area contributed by atoms with Crippen LogP contribution < -0.4 is 4.90 Å². The standard InChI is InChI=1S/C14H17F3N2O2/c1-18-5-2-6-19(8-7-18)10-3-4-12(14(15,16)17)11(9-10)13(20)21/h3-4,9H,2,5-8H2,1H3,(H,20,21). The summed E-state index contributed by atoms with van der Waals surface area (Å²) in [5, 5.41) is 9.02. The second-order valence-corrected chi connectivity index (χ2v) is 5.18. The van der Waals surface area contributed by atoms with Crippen LogP contribution in [0.4, 0.5) is 18.9 Å². The van der Waals surface area contributed by atoms with Crippen LogP contribution >= 0.6 is 0 Å². The summed E-state index contributed by atoms with van der Waals surface area (Å²) in [6, 6.07) is 3.32. The fraction of sp³-hybridized carbons (Fsp3) is 0.500. The van der Waals surface area contributed by atoms with Crippen molar-refractivity contribution in [3.8, 4) is 0 Å². The van der Waals surface area contributed by atoms with E-state index in [0.717, 1.165) is 31.6 Å². The van der Waals surface area contributed by atoms with Crippen LogP contribution in [0.2, 0.25) is 0 Å². The number of benzene rings is 1. The Morgan fingerprint density at radius 3 is 2.52 bits per heavy atom. The van der Waals surface area contributed by atoms with E-state index in [1.165, 1.54) is 6.07 Å². The molecule has 116 valence electrons. The summed E-state index contributed by atoms with van der Waals surface area (Å²) in [5.74, 6) is -1.56. The molecule has 0 radical (unpaired) electrons. The van der Waals surface area contributed by atoms with Crippen molar-refractivity contribution >= 4 is 11.7 Å². The van der Waals surface area contributed by atoms with Gasteiger partial charge in [0.1, 0.15) is 0 Å². The zero-order chi connectivity index (χ0) is 15.6. The van der Waals surface area contributed by atoms with Gasteiger partial charge < -0.3 is 14.9 Å². The second kappa shape index (κ2) is 5.93. The molecule has 2 rings (SSSR count). The predicted molar refractivity (Wildman–Crippen MR) is 72.7 cm³/mol. The first kappa shape index (κ1) is 15.6. The number of aromatic carboxylic acids is 1. The summed E-state index contributed by atoms with van der Waals surface area (Å²) in [4.78, 5) is 15.2. The highest BCUT2D eigenvalue weighted by Crippen LogP contribution is 2.34. The van der Waals surface area contributed by atoms with Crippen molar-refractivity contribution in [3.63, 3.8) is 0 Å². The Morgan fingerprint density at radius 1 is 1.19 bits per heavy atom. The lowest BCUT2D eigenvalue weighted by molar-refractivity contribution is -0.138. The number of hydrogen-bond donors (Lipinski definition) is 1. The van der Waals surface area contributed by atoms with Crippen molar-refractivity contribution in [3.05, 3.63) is 29.3 Å². The van der Waals surface area contributed by atoms with Crippen LogP contribution in [0.5, 0.6) is 0 Å². The third kappa shape index (κ3) is 3.66. The van der Waals surface area contributed by atoms with E-state index < -0.39 is 23.3 Å². The van der Waals surface area contributed by atoms with Gasteiger partial charge in [0.05, 0.1) is 11.1 Å². The lowest BCUT2D eigenvalue weighted by atomic mass is 10.1. The van der Waals surface area contributed by atoms with Crippen LogP contribution in [-0.2, 0) is 6.18 Å². The molecule has 0 spiro atoms. The lowest BCUT2D eigenvalue weighted by Gasteiger charge is -2.24. The van der Waals surface area contributed by atoms with Crippen molar-refractivity contribution in [2.75, 3.05) is 38.1 Å². The first-order valence-electron chi connectivity index (χ1n) is 6.67. The van der Waals surface area contributed by atoms with Gasteiger partial charge in [-0.25, -0.2) is 4.79 Å². The van der Waals surface area contributed by atoms with Gasteiger partial charge in [0.25, 0.3) is 0 Å². The molecular formula is C14H17F3N2O2. The Hall–Kier alpha value is -1.76. The minimum atomic E-state index is -4.66. The van der Waals surface area contributed by atoms with Crippen LogP contribution in [-0.4, -0.2) is 49.2 Å². The SMILES string of the molecule is CN1CCCN(c2ccc(C(F)(F)F)c(C(=O)O)c2)CC1. The van der Waals surface area contributed by atoms with E-state index in [2.05, 4.69) is 4.90 Å². The summed E-state index contributed by atoms with van der Waals surface area (Å²) in [5.41, 5.74) is -1.28. The molecule has 1 aromatic rings. The minimum absolute atomic E-state index is 0.524. The number of halogens is 3. The number of carboxylic acids is 1. The summed E-state index contributed by atoms with van der Waals surface area (Å²) in [6.07, 6.45) is -3.77. The Balaban J connectivity index is 2.33. The smallest absolute Gasteiger partial charge is 0.417 e. The van der Waals surface area contributed by atoms with E-state index in [4.69, 9.17) is 5.11 Å². The fourth-order valence-electron chi connectivity index (χ4n) is 2.46. The molecule has 1 saturated heterocycles. The molecule has 21 heavy (non-hydrogen) atoms. The molecule has 0 amide bonds. The van der Waals surface area contributed by atoms with Gasteiger partial charge in [0.2, 0.25) is 0 Å². The Morgan fingerprint density at radius 2 is 1.90 bits per heavy atom. The molecule has 4 nitrogen and oxygen atoms in total. The highest BCUT2D eigenvalue weighted by Gasteiger charge is 2.35. The number of alkyl halides is 3. The third-order valence-corrected chi connectivity index (χ3v) is 3.62. The van der Waals surface area contributed by atoms with Gasteiger partial charge in [-0.05, 0) is 38.2 Å². The van der Waals surface area contributed by atoms with Crippen LogP contribution in [0.25, 0.3) is 0 Å². The summed E-state index contributed by atoms with van der Waals surface area (Å²) in [7, 11) is 1.99. The van der Waals surface area contributed by atoms with Crippen LogP contribution in [0, 0.1) is 0 Å². The molecule has 1 aliphatic heterocycles. The number of nitrogens with zero attached hydrogens (tertiary/aromatic N) is 2. The van der Waals surface area contributed by atoms with Crippen molar-refractivity contribution in [2.45, 2.75) is 12.6 Å². The molecule has 0 bridgehead atoms. The number of likely N-dealkylation sites (N-methyl/N-ethyl adjacent to an activating group) is 1. The summed E-state index contributed by atoms with van der Waals surface area (Å²) >= 11 is 0. The Labute approximate surface area is 120 Å². The molecule has 1 fully saturated rings. The highest BCUT2D eigenvalue weighted by molar-refractivity contribution is 5.91. The highest BCUT2D eigenvalue weighted by atomic mass is 19.4. The number of carbonyl (C=O) groups is 1. The number of anilines is 1. The van der Waals surface area contributed by atoms with E-state index in [-0.39, 0.29) is 0 Å². The largest absolute Gasteiger partial charge is 0.478 e. The number of rotatable bonds is 2. The van der Waals surface area contributed by atoms with Crippen molar-refractivity contribution < 1.29 is 23.1 Å². The fourth-order valence-corrected chi connectivity index (χ4v) is 2.46. The van der Waals surface area contributed by atoms with Gasteiger partial charge in [-0.3, -0.25) is 0 Å². The van der Waals surface area contributed by atoms with Gasteiger partial charge in [0, 0.05) is 25.3 Å². The molecule has 0 atom stereocenters. The van der Waals surface area contributed by atoms with Crippen molar-refractivity contribution in [1.29, 1.82) is 0 Å². The predicted octanol–water partition coefficient (Wildman–Crippen LogP) is 2.55. The summed E-state index contributed by atoms with van der Waals surface area (Å²) < 4.78 is 38.4. The topological polar surface area (TPSA) is 43.8 Å². The number of hydrogen-bond acceptors (Lipinski definition) is 3.